The van der Waals surface area contributed by atoms with E-state index in [-0.39, 0.29) is 0 Å². The summed E-state index contributed by atoms with van der Waals surface area (Å²) in [6.07, 6.45) is 2.51. The smallest absolute Gasteiger partial charge is 0.226 e. The number of benzene rings is 1. The molecule has 0 bridgehead atoms. The molecule has 0 fully saturated rings. The van der Waals surface area contributed by atoms with Crippen LogP contribution in [0, 0.1) is 6.92 Å². The highest BCUT2D eigenvalue weighted by atomic mass is 16.3. The second-order valence-electron chi connectivity index (χ2n) is 7.61. The molecule has 0 amide bonds. The summed E-state index contributed by atoms with van der Waals surface area (Å²) >= 11 is 0. The van der Waals surface area contributed by atoms with E-state index in [1.165, 1.54) is 5.56 Å². The largest absolute Gasteiger partial charge is 0.444 e. The van der Waals surface area contributed by atoms with Gasteiger partial charge in [-0.15, -0.1) is 0 Å². The fourth-order valence-corrected chi connectivity index (χ4v) is 3.20. The number of aryl methyl sites for hydroxylation is 1. The van der Waals surface area contributed by atoms with Gasteiger partial charge in [-0.25, -0.2) is 4.98 Å². The van der Waals surface area contributed by atoms with Crippen molar-refractivity contribution in [3.63, 3.8) is 0 Å². The van der Waals surface area contributed by atoms with Crippen LogP contribution in [0.25, 0.3) is 11.5 Å². The highest BCUT2D eigenvalue weighted by molar-refractivity contribution is 5.79. The van der Waals surface area contributed by atoms with Gasteiger partial charge in [0.2, 0.25) is 5.89 Å². The molecule has 0 saturated carbocycles. The van der Waals surface area contributed by atoms with E-state index in [0.29, 0.717) is 18.0 Å². The molecule has 6 heteroatoms. The predicted octanol–water partition coefficient (Wildman–Crippen LogP) is 3.48. The summed E-state index contributed by atoms with van der Waals surface area (Å²) in [7, 11) is 1.80. The van der Waals surface area contributed by atoms with Crippen LogP contribution < -0.4 is 10.6 Å². The maximum atomic E-state index is 5.62. The number of aliphatic imine (C=N–C) groups is 1. The Morgan fingerprint density at radius 2 is 1.71 bits per heavy atom. The van der Waals surface area contributed by atoms with E-state index in [9.17, 15) is 0 Å². The molecule has 1 aromatic carbocycles. The highest BCUT2D eigenvalue weighted by Gasteiger charge is 2.12. The molecule has 28 heavy (non-hydrogen) atoms. The van der Waals surface area contributed by atoms with Gasteiger partial charge in [-0.05, 0) is 46.8 Å². The van der Waals surface area contributed by atoms with Crippen molar-refractivity contribution < 1.29 is 4.42 Å². The van der Waals surface area contributed by atoms with E-state index >= 15 is 0 Å². The van der Waals surface area contributed by atoms with Crippen molar-refractivity contribution in [1.29, 1.82) is 0 Å². The molecule has 0 saturated heterocycles. The van der Waals surface area contributed by atoms with Crippen molar-refractivity contribution in [1.82, 2.24) is 20.5 Å². The third-order valence-corrected chi connectivity index (χ3v) is 4.74. The van der Waals surface area contributed by atoms with Crippen LogP contribution in [0.15, 0.2) is 39.9 Å². The van der Waals surface area contributed by atoms with Crippen molar-refractivity contribution in [2.75, 3.05) is 26.7 Å². The van der Waals surface area contributed by atoms with Crippen molar-refractivity contribution in [2.24, 2.45) is 4.99 Å². The van der Waals surface area contributed by atoms with Gasteiger partial charge in [0.1, 0.15) is 6.26 Å². The van der Waals surface area contributed by atoms with Gasteiger partial charge < -0.3 is 15.1 Å². The van der Waals surface area contributed by atoms with Gasteiger partial charge in [-0.3, -0.25) is 9.89 Å². The van der Waals surface area contributed by atoms with Crippen LogP contribution in [0.4, 0.5) is 0 Å². The quantitative estimate of drug-likeness (QED) is 0.511. The molecule has 0 aliphatic carbocycles. The molecule has 0 spiro atoms. The summed E-state index contributed by atoms with van der Waals surface area (Å²) in [4.78, 5) is 11.3. The number of hydrogen-bond donors (Lipinski definition) is 2. The number of nitrogens with one attached hydrogen (secondary N) is 2. The molecule has 0 aliphatic heterocycles. The average Bonchev–Trinajstić information content (AvgIpc) is 3.12. The van der Waals surface area contributed by atoms with Crippen molar-refractivity contribution in [2.45, 2.75) is 53.1 Å². The first-order chi connectivity index (χ1) is 13.4. The standard InChI is InChI=1S/C22H35N5O/c1-16(2)27(17(3)4)14-13-25-22(23-6)24-12-11-20-15-28-21(26-20)19-9-7-18(5)8-10-19/h7-10,15-17H,11-14H2,1-6H3,(H2,23,24,25). The summed E-state index contributed by atoms with van der Waals surface area (Å²) in [5, 5.41) is 6.73. The second kappa shape index (κ2) is 10.9. The second-order valence-corrected chi connectivity index (χ2v) is 7.61. The van der Waals surface area contributed by atoms with E-state index in [1.54, 1.807) is 13.3 Å². The third kappa shape index (κ3) is 6.68. The average molecular weight is 386 g/mol. The molecule has 0 aliphatic rings. The van der Waals surface area contributed by atoms with Gasteiger partial charge in [-0.1, -0.05) is 17.7 Å². The molecular weight excluding hydrogens is 350 g/mol. The molecular formula is C22H35N5O. The maximum absolute atomic E-state index is 5.62. The van der Waals surface area contributed by atoms with Gasteiger partial charge in [0.25, 0.3) is 0 Å². The number of aromatic nitrogens is 1. The minimum absolute atomic E-state index is 0.534. The zero-order valence-electron chi connectivity index (χ0n) is 18.1. The van der Waals surface area contributed by atoms with Crippen molar-refractivity contribution in [3.05, 3.63) is 41.8 Å². The minimum atomic E-state index is 0.534. The van der Waals surface area contributed by atoms with E-state index < -0.39 is 0 Å². The minimum Gasteiger partial charge on any atom is -0.444 e. The molecule has 2 N–H and O–H groups in total. The predicted molar refractivity (Wildman–Crippen MR) is 117 cm³/mol. The lowest BCUT2D eigenvalue weighted by molar-refractivity contribution is 0.178. The van der Waals surface area contributed by atoms with Gasteiger partial charge in [0.15, 0.2) is 5.96 Å². The van der Waals surface area contributed by atoms with Gasteiger partial charge in [-0.2, -0.15) is 0 Å². The highest BCUT2D eigenvalue weighted by Crippen LogP contribution is 2.19. The van der Waals surface area contributed by atoms with Crippen molar-refractivity contribution >= 4 is 5.96 Å². The first-order valence-corrected chi connectivity index (χ1v) is 10.1. The van der Waals surface area contributed by atoms with E-state index in [4.69, 9.17) is 4.42 Å². The van der Waals surface area contributed by atoms with Crippen LogP contribution >= 0.6 is 0 Å². The normalized spacial score (nSPS) is 12.2. The Balaban J connectivity index is 1.76. The Labute approximate surface area is 169 Å². The molecule has 0 radical (unpaired) electrons. The van der Waals surface area contributed by atoms with E-state index in [0.717, 1.165) is 43.3 Å². The SMILES string of the molecule is CN=C(NCCc1coc(-c2ccc(C)cc2)n1)NCCN(C(C)C)C(C)C. The molecule has 6 nitrogen and oxygen atoms in total. The number of nitrogens with zero attached hydrogens (tertiary/aromatic N) is 3. The monoisotopic (exact) mass is 385 g/mol. The number of guanidine groups is 1. The lowest BCUT2D eigenvalue weighted by Gasteiger charge is -2.30. The Hall–Kier alpha value is -2.34. The molecule has 0 unspecified atom stereocenters. The van der Waals surface area contributed by atoms with Crippen LogP contribution in [0.2, 0.25) is 0 Å². The lowest BCUT2D eigenvalue weighted by Crippen LogP contribution is -2.45. The summed E-state index contributed by atoms with van der Waals surface area (Å²) < 4.78 is 5.62. The first kappa shape index (κ1) is 22.0. The zero-order chi connectivity index (χ0) is 20.5. The molecule has 2 aromatic rings. The maximum Gasteiger partial charge on any atom is 0.226 e. The lowest BCUT2D eigenvalue weighted by atomic mass is 10.1. The molecule has 0 atom stereocenters. The summed E-state index contributed by atoms with van der Waals surface area (Å²) in [5.41, 5.74) is 3.16. The van der Waals surface area contributed by atoms with Gasteiger partial charge in [0.05, 0.1) is 5.69 Å². The van der Waals surface area contributed by atoms with Crippen LogP contribution in [0.1, 0.15) is 39.0 Å². The fraction of sp³-hybridized carbons (Fsp3) is 0.545. The summed E-state index contributed by atoms with van der Waals surface area (Å²) in [6.45, 7) is 13.6. The summed E-state index contributed by atoms with van der Waals surface area (Å²) in [5.74, 6) is 1.48. The van der Waals surface area contributed by atoms with Crippen LogP contribution in [0.3, 0.4) is 0 Å². The Morgan fingerprint density at radius 1 is 1.07 bits per heavy atom. The Morgan fingerprint density at radius 3 is 2.32 bits per heavy atom. The molecule has 1 aromatic heterocycles. The third-order valence-electron chi connectivity index (χ3n) is 4.74. The van der Waals surface area contributed by atoms with Crippen LogP contribution in [-0.4, -0.2) is 54.6 Å². The Kier molecular flexibility index (Phi) is 8.51. The van der Waals surface area contributed by atoms with Crippen LogP contribution in [0.5, 0.6) is 0 Å². The number of oxazole rings is 1. The topological polar surface area (TPSA) is 65.7 Å². The zero-order valence-corrected chi connectivity index (χ0v) is 18.1. The molecule has 154 valence electrons. The van der Waals surface area contributed by atoms with Crippen molar-refractivity contribution in [3.8, 4) is 11.5 Å². The Bertz CT molecular complexity index is 726. The van der Waals surface area contributed by atoms with E-state index in [2.05, 4.69) is 72.3 Å². The van der Waals surface area contributed by atoms with Crippen LogP contribution in [-0.2, 0) is 6.42 Å². The first-order valence-electron chi connectivity index (χ1n) is 10.1. The summed E-state index contributed by atoms with van der Waals surface area (Å²) in [6, 6.07) is 9.27. The number of hydrogen-bond acceptors (Lipinski definition) is 4. The van der Waals surface area contributed by atoms with E-state index in [1.807, 2.05) is 12.1 Å². The van der Waals surface area contributed by atoms with Gasteiger partial charge >= 0.3 is 0 Å². The number of rotatable bonds is 9. The molecule has 2 rings (SSSR count). The van der Waals surface area contributed by atoms with Gasteiger partial charge in [0, 0.05) is 50.7 Å². The molecule has 1 heterocycles. The fourth-order valence-electron chi connectivity index (χ4n) is 3.20.